The van der Waals surface area contributed by atoms with Crippen LogP contribution in [0.3, 0.4) is 0 Å². The maximum Gasteiger partial charge on any atom is 0.276 e. The van der Waals surface area contributed by atoms with Gasteiger partial charge in [0.05, 0.1) is 18.7 Å². The van der Waals surface area contributed by atoms with E-state index in [1.165, 1.54) is 12.1 Å². The molecule has 0 radical (unpaired) electrons. The predicted molar refractivity (Wildman–Crippen MR) is 97.9 cm³/mol. The van der Waals surface area contributed by atoms with Crippen LogP contribution in [-0.2, 0) is 0 Å². The minimum Gasteiger partial charge on any atom is -0.496 e. The molecule has 4 rings (SSSR count). The molecule has 2 heterocycles. The summed E-state index contributed by atoms with van der Waals surface area (Å²) in [6.45, 7) is 0.637. The maximum atomic E-state index is 13.2. The van der Waals surface area contributed by atoms with E-state index in [4.69, 9.17) is 9.26 Å². The second-order valence-electron chi connectivity index (χ2n) is 6.48. The molecule has 0 aliphatic carbocycles. The lowest BCUT2D eigenvalue weighted by atomic mass is 10.0. The number of amides is 1. The molecule has 1 aliphatic rings. The Hall–Kier alpha value is -3.15. The molecule has 1 atom stereocenters. The van der Waals surface area contributed by atoms with Crippen LogP contribution in [0.4, 0.5) is 4.39 Å². The van der Waals surface area contributed by atoms with Crippen molar-refractivity contribution in [2.45, 2.75) is 18.9 Å². The molecule has 1 aliphatic heterocycles. The van der Waals surface area contributed by atoms with Gasteiger partial charge in [-0.15, -0.1) is 0 Å². The van der Waals surface area contributed by atoms with Crippen molar-refractivity contribution in [2.75, 3.05) is 13.7 Å². The fourth-order valence-corrected chi connectivity index (χ4v) is 3.54. The second-order valence-corrected chi connectivity index (χ2v) is 6.48. The Balaban J connectivity index is 1.59. The fraction of sp³-hybridized carbons (Fsp3) is 0.238. The van der Waals surface area contributed by atoms with Crippen LogP contribution in [0, 0.1) is 5.82 Å². The van der Waals surface area contributed by atoms with Gasteiger partial charge < -0.3 is 14.2 Å². The quantitative estimate of drug-likeness (QED) is 0.684. The van der Waals surface area contributed by atoms with Gasteiger partial charge in [-0.3, -0.25) is 4.79 Å². The van der Waals surface area contributed by atoms with E-state index in [2.05, 4.69) is 5.16 Å². The molecule has 2 aromatic carbocycles. The van der Waals surface area contributed by atoms with Crippen LogP contribution in [0.2, 0.25) is 0 Å². The number of para-hydroxylation sites is 1. The van der Waals surface area contributed by atoms with Crippen LogP contribution >= 0.6 is 0 Å². The summed E-state index contributed by atoms with van der Waals surface area (Å²) in [4.78, 5) is 14.8. The molecule has 6 heteroatoms. The molecule has 0 N–H and O–H groups in total. The van der Waals surface area contributed by atoms with Crippen LogP contribution in [0.25, 0.3) is 11.3 Å². The van der Waals surface area contributed by atoms with Crippen molar-refractivity contribution in [2.24, 2.45) is 0 Å². The lowest BCUT2D eigenvalue weighted by molar-refractivity contribution is 0.0725. The summed E-state index contributed by atoms with van der Waals surface area (Å²) in [6.07, 6.45) is 1.74. The Kier molecular flexibility index (Phi) is 4.62. The van der Waals surface area contributed by atoms with Crippen molar-refractivity contribution in [1.82, 2.24) is 10.1 Å². The molecule has 0 unspecified atom stereocenters. The average molecular weight is 366 g/mol. The minimum atomic E-state index is -0.285. The van der Waals surface area contributed by atoms with E-state index in [1.54, 1.807) is 30.2 Å². The fourth-order valence-electron chi connectivity index (χ4n) is 3.54. The first-order chi connectivity index (χ1) is 13.2. The molecule has 138 valence electrons. The van der Waals surface area contributed by atoms with Gasteiger partial charge in [-0.1, -0.05) is 29.4 Å². The predicted octanol–water partition coefficient (Wildman–Crippen LogP) is 4.47. The zero-order chi connectivity index (χ0) is 18.8. The van der Waals surface area contributed by atoms with E-state index in [-0.39, 0.29) is 23.5 Å². The molecule has 0 bridgehead atoms. The molecule has 0 spiro atoms. The summed E-state index contributed by atoms with van der Waals surface area (Å²) in [7, 11) is 1.58. The van der Waals surface area contributed by atoms with E-state index in [0.717, 1.165) is 24.0 Å². The van der Waals surface area contributed by atoms with Gasteiger partial charge in [0.2, 0.25) is 0 Å². The summed E-state index contributed by atoms with van der Waals surface area (Å²) in [5.74, 6) is 0.658. The van der Waals surface area contributed by atoms with Gasteiger partial charge >= 0.3 is 0 Å². The van der Waals surface area contributed by atoms with Crippen LogP contribution in [0.5, 0.6) is 5.75 Å². The highest BCUT2D eigenvalue weighted by Crippen LogP contribution is 2.34. The number of carbonyl (C=O) groups excluding carboxylic acids is 1. The van der Waals surface area contributed by atoms with Crippen molar-refractivity contribution >= 4 is 5.91 Å². The molecule has 1 aromatic heterocycles. The number of hydrogen-bond acceptors (Lipinski definition) is 4. The van der Waals surface area contributed by atoms with Crippen LogP contribution in [0.15, 0.2) is 59.1 Å². The van der Waals surface area contributed by atoms with Gasteiger partial charge in [0.15, 0.2) is 11.5 Å². The van der Waals surface area contributed by atoms with Crippen LogP contribution in [0.1, 0.15) is 34.9 Å². The van der Waals surface area contributed by atoms with Crippen molar-refractivity contribution in [3.63, 3.8) is 0 Å². The number of hydrogen-bond donors (Lipinski definition) is 0. The topological polar surface area (TPSA) is 55.6 Å². The zero-order valence-electron chi connectivity index (χ0n) is 14.9. The Bertz CT molecular complexity index is 952. The number of aromatic nitrogens is 1. The van der Waals surface area contributed by atoms with Gasteiger partial charge in [0.25, 0.3) is 5.91 Å². The Morgan fingerprint density at radius 3 is 2.78 bits per heavy atom. The second kappa shape index (κ2) is 7.23. The lowest BCUT2D eigenvalue weighted by Crippen LogP contribution is -2.30. The summed E-state index contributed by atoms with van der Waals surface area (Å²) < 4.78 is 24.0. The third-order valence-corrected chi connectivity index (χ3v) is 4.87. The Morgan fingerprint density at radius 1 is 1.22 bits per heavy atom. The Labute approximate surface area is 156 Å². The molecule has 0 saturated carbocycles. The first-order valence-corrected chi connectivity index (χ1v) is 8.84. The number of benzene rings is 2. The van der Waals surface area contributed by atoms with Gasteiger partial charge in [0, 0.05) is 12.6 Å². The number of nitrogens with zero attached hydrogens (tertiary/aromatic N) is 2. The first kappa shape index (κ1) is 17.3. The van der Waals surface area contributed by atoms with Crippen molar-refractivity contribution in [3.05, 3.63) is 71.7 Å². The first-order valence-electron chi connectivity index (χ1n) is 8.84. The zero-order valence-corrected chi connectivity index (χ0v) is 14.9. The van der Waals surface area contributed by atoms with E-state index in [1.807, 2.05) is 24.3 Å². The standard InChI is InChI=1S/C21H19FN2O3/c1-26-19-7-3-2-5-16(19)20-13-17(23-27-20)21(25)24-12-4-6-18(24)14-8-10-15(22)11-9-14/h2-3,5,7-11,13,18H,4,6,12H2,1H3/t18-/m1/s1. The van der Waals surface area contributed by atoms with Gasteiger partial charge in [-0.25, -0.2) is 4.39 Å². The number of methoxy groups -OCH3 is 1. The molecule has 1 saturated heterocycles. The number of likely N-dealkylation sites (tertiary alicyclic amines) is 1. The summed E-state index contributed by atoms with van der Waals surface area (Å²) in [5.41, 5.74) is 1.92. The summed E-state index contributed by atoms with van der Waals surface area (Å²) >= 11 is 0. The highest BCUT2D eigenvalue weighted by molar-refractivity contribution is 5.93. The third kappa shape index (κ3) is 3.30. The number of halogens is 1. The van der Waals surface area contributed by atoms with E-state index >= 15 is 0 Å². The lowest BCUT2D eigenvalue weighted by Gasteiger charge is -2.24. The van der Waals surface area contributed by atoms with Gasteiger partial charge in [-0.05, 0) is 42.7 Å². The van der Waals surface area contributed by atoms with Gasteiger partial charge in [-0.2, -0.15) is 0 Å². The number of carbonyl (C=O) groups is 1. The SMILES string of the molecule is COc1ccccc1-c1cc(C(=O)N2CCC[C@@H]2c2ccc(F)cc2)no1. The normalized spacial score (nSPS) is 16.5. The Morgan fingerprint density at radius 2 is 2.00 bits per heavy atom. The number of rotatable bonds is 4. The smallest absolute Gasteiger partial charge is 0.276 e. The highest BCUT2D eigenvalue weighted by atomic mass is 19.1. The number of ether oxygens (including phenoxy) is 1. The largest absolute Gasteiger partial charge is 0.496 e. The average Bonchev–Trinajstić information content (AvgIpc) is 3.38. The van der Waals surface area contributed by atoms with Gasteiger partial charge in [0.1, 0.15) is 11.6 Å². The van der Waals surface area contributed by atoms with Crippen LogP contribution < -0.4 is 4.74 Å². The summed E-state index contributed by atoms with van der Waals surface area (Å²) in [5, 5.41) is 3.97. The highest BCUT2D eigenvalue weighted by Gasteiger charge is 2.32. The summed E-state index contributed by atoms with van der Waals surface area (Å²) in [6, 6.07) is 15.3. The molecular weight excluding hydrogens is 347 g/mol. The molecule has 1 fully saturated rings. The van der Waals surface area contributed by atoms with E-state index < -0.39 is 0 Å². The molecular formula is C21H19FN2O3. The maximum absolute atomic E-state index is 13.2. The molecule has 27 heavy (non-hydrogen) atoms. The molecule has 1 amide bonds. The third-order valence-electron chi connectivity index (χ3n) is 4.87. The van der Waals surface area contributed by atoms with E-state index in [9.17, 15) is 9.18 Å². The van der Waals surface area contributed by atoms with Crippen LogP contribution in [-0.4, -0.2) is 29.6 Å². The monoisotopic (exact) mass is 366 g/mol. The molecule has 5 nitrogen and oxygen atoms in total. The van der Waals surface area contributed by atoms with Crippen molar-refractivity contribution in [1.29, 1.82) is 0 Å². The minimum absolute atomic E-state index is 0.0792. The van der Waals surface area contributed by atoms with Crippen molar-refractivity contribution in [3.8, 4) is 17.1 Å². The van der Waals surface area contributed by atoms with E-state index in [0.29, 0.717) is 18.1 Å². The van der Waals surface area contributed by atoms with Crippen molar-refractivity contribution < 1.29 is 18.4 Å². The molecule has 3 aromatic rings.